The van der Waals surface area contributed by atoms with Gasteiger partial charge in [0.25, 0.3) is 0 Å². The summed E-state index contributed by atoms with van der Waals surface area (Å²) in [5, 5.41) is 8.71. The van der Waals surface area contributed by atoms with Gasteiger partial charge in [-0.25, -0.2) is 0 Å². The number of piperidine rings is 1. The van der Waals surface area contributed by atoms with E-state index in [2.05, 4.69) is 24.3 Å². The number of likely N-dealkylation sites (tertiary alicyclic amines) is 1. The van der Waals surface area contributed by atoms with Crippen molar-refractivity contribution >= 4 is 18.4 Å². The molecule has 0 radical (unpaired) electrons. The van der Waals surface area contributed by atoms with E-state index in [1.165, 1.54) is 5.56 Å². The fourth-order valence-electron chi connectivity index (χ4n) is 2.34. The Bertz CT molecular complexity index is 348. The molecule has 1 aromatic rings. The molecular weight excluding hydrogens is 238 g/mol. The minimum Gasteiger partial charge on any atom is -0.480 e. The second kappa shape index (κ2) is 6.62. The first-order valence-corrected chi connectivity index (χ1v) is 5.75. The van der Waals surface area contributed by atoms with Crippen LogP contribution in [0.25, 0.3) is 0 Å². The second-order valence-corrected chi connectivity index (χ2v) is 4.35. The Morgan fingerprint density at radius 2 is 1.82 bits per heavy atom. The monoisotopic (exact) mass is 255 g/mol. The number of rotatable bonds is 3. The van der Waals surface area contributed by atoms with Crippen molar-refractivity contribution < 1.29 is 9.90 Å². The SMILES string of the molecule is Cl.O=C(O)CN1CCC(c2ccccc2)CC1. The minimum absolute atomic E-state index is 0. The van der Waals surface area contributed by atoms with Crippen LogP contribution in [0.1, 0.15) is 24.3 Å². The van der Waals surface area contributed by atoms with Crippen LogP contribution in [-0.4, -0.2) is 35.6 Å². The third-order valence-electron chi connectivity index (χ3n) is 3.22. The fourth-order valence-corrected chi connectivity index (χ4v) is 2.34. The highest BCUT2D eigenvalue weighted by molar-refractivity contribution is 5.85. The Labute approximate surface area is 108 Å². The third-order valence-corrected chi connectivity index (χ3v) is 3.22. The number of carboxylic acids is 1. The number of nitrogens with zero attached hydrogens (tertiary/aromatic N) is 1. The fraction of sp³-hybridized carbons (Fsp3) is 0.462. The van der Waals surface area contributed by atoms with Gasteiger partial charge in [-0.15, -0.1) is 12.4 Å². The Hall–Kier alpha value is -1.06. The molecule has 0 unspecified atom stereocenters. The summed E-state index contributed by atoms with van der Waals surface area (Å²) < 4.78 is 0. The molecule has 0 bridgehead atoms. The largest absolute Gasteiger partial charge is 0.480 e. The summed E-state index contributed by atoms with van der Waals surface area (Å²) in [6, 6.07) is 10.5. The summed E-state index contributed by atoms with van der Waals surface area (Å²) in [5.74, 6) is -0.121. The summed E-state index contributed by atoms with van der Waals surface area (Å²) >= 11 is 0. The van der Waals surface area contributed by atoms with Gasteiger partial charge in [-0.05, 0) is 37.4 Å². The first kappa shape index (κ1) is 14.0. The summed E-state index contributed by atoms with van der Waals surface area (Å²) in [6.07, 6.45) is 2.13. The molecule has 0 aromatic heterocycles. The van der Waals surface area contributed by atoms with Gasteiger partial charge in [-0.3, -0.25) is 9.69 Å². The van der Waals surface area contributed by atoms with Gasteiger partial charge in [-0.1, -0.05) is 30.3 Å². The number of benzene rings is 1. The van der Waals surface area contributed by atoms with E-state index in [-0.39, 0.29) is 19.0 Å². The second-order valence-electron chi connectivity index (χ2n) is 4.35. The van der Waals surface area contributed by atoms with Crippen molar-refractivity contribution in [2.24, 2.45) is 0 Å². The molecule has 1 saturated heterocycles. The molecule has 1 aliphatic heterocycles. The van der Waals surface area contributed by atoms with E-state index in [0.717, 1.165) is 25.9 Å². The Balaban J connectivity index is 0.00000144. The van der Waals surface area contributed by atoms with Crippen molar-refractivity contribution in [2.75, 3.05) is 19.6 Å². The molecule has 1 aliphatic rings. The van der Waals surface area contributed by atoms with Gasteiger partial charge >= 0.3 is 5.97 Å². The van der Waals surface area contributed by atoms with Gasteiger partial charge in [0, 0.05) is 0 Å². The molecule has 0 atom stereocenters. The molecule has 0 aliphatic carbocycles. The van der Waals surface area contributed by atoms with E-state index in [9.17, 15) is 4.79 Å². The maximum Gasteiger partial charge on any atom is 0.317 e. The van der Waals surface area contributed by atoms with Crippen LogP contribution in [-0.2, 0) is 4.79 Å². The van der Waals surface area contributed by atoms with E-state index in [1.54, 1.807) is 0 Å². The van der Waals surface area contributed by atoms with Crippen LogP contribution >= 0.6 is 12.4 Å². The summed E-state index contributed by atoms with van der Waals surface area (Å²) in [6.45, 7) is 1.97. The quantitative estimate of drug-likeness (QED) is 0.902. The lowest BCUT2D eigenvalue weighted by atomic mass is 9.89. The first-order chi connectivity index (χ1) is 7.75. The van der Waals surface area contributed by atoms with Crippen LogP contribution in [0.3, 0.4) is 0 Å². The predicted molar refractivity (Wildman–Crippen MR) is 69.7 cm³/mol. The zero-order valence-electron chi connectivity index (χ0n) is 9.71. The highest BCUT2D eigenvalue weighted by Gasteiger charge is 2.21. The molecule has 2 rings (SSSR count). The molecule has 94 valence electrons. The van der Waals surface area contributed by atoms with E-state index in [4.69, 9.17) is 5.11 Å². The number of halogens is 1. The third kappa shape index (κ3) is 4.02. The molecular formula is C13H18ClNO2. The van der Waals surface area contributed by atoms with Crippen molar-refractivity contribution in [1.82, 2.24) is 4.90 Å². The van der Waals surface area contributed by atoms with Crippen LogP contribution in [0.4, 0.5) is 0 Å². The van der Waals surface area contributed by atoms with Gasteiger partial charge in [-0.2, -0.15) is 0 Å². The van der Waals surface area contributed by atoms with Gasteiger partial charge in [0.15, 0.2) is 0 Å². The topological polar surface area (TPSA) is 40.5 Å². The number of hydrogen-bond donors (Lipinski definition) is 1. The lowest BCUT2D eigenvalue weighted by Gasteiger charge is -2.30. The molecule has 3 nitrogen and oxygen atoms in total. The van der Waals surface area contributed by atoms with E-state index >= 15 is 0 Å². The summed E-state index contributed by atoms with van der Waals surface area (Å²) in [5.41, 5.74) is 1.39. The van der Waals surface area contributed by atoms with Crippen LogP contribution in [0.15, 0.2) is 30.3 Å². The Morgan fingerprint density at radius 3 is 2.35 bits per heavy atom. The van der Waals surface area contributed by atoms with Gasteiger partial charge < -0.3 is 5.11 Å². The van der Waals surface area contributed by atoms with Crippen molar-refractivity contribution in [1.29, 1.82) is 0 Å². The van der Waals surface area contributed by atoms with Crippen molar-refractivity contribution in [3.05, 3.63) is 35.9 Å². The maximum absolute atomic E-state index is 10.6. The minimum atomic E-state index is -0.724. The highest BCUT2D eigenvalue weighted by atomic mass is 35.5. The van der Waals surface area contributed by atoms with Gasteiger partial charge in [0.05, 0.1) is 6.54 Å². The van der Waals surface area contributed by atoms with Gasteiger partial charge in [0.2, 0.25) is 0 Å². The molecule has 1 N–H and O–H groups in total. The average Bonchev–Trinajstić information content (AvgIpc) is 2.30. The summed E-state index contributed by atoms with van der Waals surface area (Å²) in [4.78, 5) is 12.6. The van der Waals surface area contributed by atoms with Crippen LogP contribution < -0.4 is 0 Å². The number of hydrogen-bond acceptors (Lipinski definition) is 2. The highest BCUT2D eigenvalue weighted by Crippen LogP contribution is 2.27. The van der Waals surface area contributed by atoms with Crippen molar-refractivity contribution in [2.45, 2.75) is 18.8 Å². The van der Waals surface area contributed by atoms with Gasteiger partial charge in [0.1, 0.15) is 0 Å². The average molecular weight is 256 g/mol. The first-order valence-electron chi connectivity index (χ1n) is 5.75. The normalized spacial score (nSPS) is 17.4. The van der Waals surface area contributed by atoms with E-state index in [0.29, 0.717) is 5.92 Å². The Kier molecular flexibility index (Phi) is 5.45. The van der Waals surface area contributed by atoms with Crippen LogP contribution in [0.2, 0.25) is 0 Å². The van der Waals surface area contributed by atoms with Crippen LogP contribution in [0, 0.1) is 0 Å². The molecule has 1 aromatic carbocycles. The molecule has 1 fully saturated rings. The number of carbonyl (C=O) groups is 1. The number of carboxylic acid groups (broad SMARTS) is 1. The van der Waals surface area contributed by atoms with E-state index in [1.807, 2.05) is 11.0 Å². The lowest BCUT2D eigenvalue weighted by molar-refractivity contribution is -0.138. The van der Waals surface area contributed by atoms with Crippen LogP contribution in [0.5, 0.6) is 0 Å². The maximum atomic E-state index is 10.6. The smallest absolute Gasteiger partial charge is 0.317 e. The van der Waals surface area contributed by atoms with Crippen molar-refractivity contribution in [3.63, 3.8) is 0 Å². The van der Waals surface area contributed by atoms with E-state index < -0.39 is 5.97 Å². The zero-order valence-corrected chi connectivity index (χ0v) is 10.5. The number of aliphatic carboxylic acids is 1. The molecule has 17 heavy (non-hydrogen) atoms. The predicted octanol–water partition coefficient (Wildman–Crippen LogP) is 2.37. The molecule has 0 saturated carbocycles. The molecule has 0 spiro atoms. The van der Waals surface area contributed by atoms with Crippen molar-refractivity contribution in [3.8, 4) is 0 Å². The Morgan fingerprint density at radius 1 is 1.24 bits per heavy atom. The standard InChI is InChI=1S/C13H17NO2.ClH/c15-13(16)10-14-8-6-12(7-9-14)11-4-2-1-3-5-11;/h1-5,12H,6-10H2,(H,15,16);1H. The summed E-state index contributed by atoms with van der Waals surface area (Å²) in [7, 11) is 0. The molecule has 4 heteroatoms. The lowest BCUT2D eigenvalue weighted by Crippen LogP contribution is -2.36. The molecule has 1 heterocycles. The zero-order chi connectivity index (χ0) is 11.4. The molecule has 0 amide bonds.